The summed E-state index contributed by atoms with van der Waals surface area (Å²) in [4.78, 5) is 5.33. The molecule has 3 nitrogen and oxygen atoms in total. The Morgan fingerprint density at radius 1 is 1.05 bits per heavy atom. The van der Waals surface area contributed by atoms with Gasteiger partial charge in [0, 0.05) is 32.7 Å². The van der Waals surface area contributed by atoms with Crippen LogP contribution in [0, 0.1) is 5.92 Å². The van der Waals surface area contributed by atoms with Crippen LogP contribution < -0.4 is 0 Å². The van der Waals surface area contributed by atoms with Crippen LogP contribution in [0.1, 0.15) is 31.2 Å². The van der Waals surface area contributed by atoms with Crippen molar-refractivity contribution in [2.24, 2.45) is 5.92 Å². The van der Waals surface area contributed by atoms with Gasteiger partial charge in [-0.3, -0.25) is 9.80 Å². The van der Waals surface area contributed by atoms with Crippen molar-refractivity contribution in [2.75, 3.05) is 32.8 Å². The predicted octanol–water partition coefficient (Wildman–Crippen LogP) is 2.76. The molecule has 4 rings (SSSR count). The van der Waals surface area contributed by atoms with Gasteiger partial charge < -0.3 is 4.74 Å². The number of morpholine rings is 1. The molecular weight excluding hydrogens is 272 g/mol. The Hall–Kier alpha value is -0.900. The van der Waals surface area contributed by atoms with Crippen LogP contribution in [0.5, 0.6) is 0 Å². The monoisotopic (exact) mass is 300 g/mol. The summed E-state index contributed by atoms with van der Waals surface area (Å²) >= 11 is 0. The molecule has 120 valence electrons. The Labute approximate surface area is 134 Å². The fraction of sp³-hybridized carbons (Fsp3) is 0.684. The van der Waals surface area contributed by atoms with Gasteiger partial charge in [0.05, 0.1) is 18.8 Å². The standard InChI is InChI=1S/C19H28N2O/c1-2-6-17(7-3-1)13-21-10-11-22-19-15-20(14-18(19)21)12-16-8-4-5-9-16/h1-3,6-7,16,18-19H,4-5,8-15H2/t18-,19+/m0/s1. The average Bonchev–Trinajstić information content (AvgIpc) is 3.18. The molecule has 3 fully saturated rings. The quantitative estimate of drug-likeness (QED) is 0.850. The van der Waals surface area contributed by atoms with E-state index in [0.717, 1.165) is 32.2 Å². The Kier molecular flexibility index (Phi) is 4.47. The summed E-state index contributed by atoms with van der Waals surface area (Å²) in [5.41, 5.74) is 1.43. The van der Waals surface area contributed by atoms with E-state index in [1.54, 1.807) is 0 Å². The first-order valence-corrected chi connectivity index (χ1v) is 9.00. The highest BCUT2D eigenvalue weighted by molar-refractivity contribution is 5.15. The first kappa shape index (κ1) is 14.7. The summed E-state index contributed by atoms with van der Waals surface area (Å²) in [5, 5.41) is 0. The third kappa shape index (κ3) is 3.22. The molecule has 0 N–H and O–H groups in total. The van der Waals surface area contributed by atoms with Gasteiger partial charge in [-0.1, -0.05) is 43.2 Å². The maximum Gasteiger partial charge on any atom is 0.0870 e. The molecule has 0 amide bonds. The second kappa shape index (κ2) is 6.69. The molecule has 22 heavy (non-hydrogen) atoms. The molecule has 0 bridgehead atoms. The van der Waals surface area contributed by atoms with Gasteiger partial charge in [-0.25, -0.2) is 0 Å². The number of benzene rings is 1. The fourth-order valence-corrected chi connectivity index (χ4v) is 4.56. The highest BCUT2D eigenvalue weighted by atomic mass is 16.5. The van der Waals surface area contributed by atoms with Gasteiger partial charge >= 0.3 is 0 Å². The van der Waals surface area contributed by atoms with Crippen LogP contribution in [0.25, 0.3) is 0 Å². The first-order chi connectivity index (χ1) is 10.9. The van der Waals surface area contributed by atoms with Crippen molar-refractivity contribution >= 4 is 0 Å². The van der Waals surface area contributed by atoms with E-state index in [2.05, 4.69) is 40.1 Å². The molecule has 2 atom stereocenters. The number of likely N-dealkylation sites (tertiary alicyclic amines) is 1. The summed E-state index contributed by atoms with van der Waals surface area (Å²) in [7, 11) is 0. The molecule has 3 heteroatoms. The van der Waals surface area contributed by atoms with E-state index >= 15 is 0 Å². The topological polar surface area (TPSA) is 15.7 Å². The number of hydrogen-bond donors (Lipinski definition) is 0. The highest BCUT2D eigenvalue weighted by Crippen LogP contribution is 2.29. The lowest BCUT2D eigenvalue weighted by atomic mass is 10.1. The Morgan fingerprint density at radius 2 is 1.86 bits per heavy atom. The van der Waals surface area contributed by atoms with Gasteiger partial charge in [0.15, 0.2) is 0 Å². The van der Waals surface area contributed by atoms with Crippen molar-refractivity contribution in [1.29, 1.82) is 0 Å². The molecule has 0 radical (unpaired) electrons. The normalized spacial score (nSPS) is 30.7. The SMILES string of the molecule is c1ccc(CN2CCO[C@@H]3CN(CC4CCCC4)C[C@@H]32)cc1. The zero-order valence-electron chi connectivity index (χ0n) is 13.5. The van der Waals surface area contributed by atoms with Crippen molar-refractivity contribution in [3.63, 3.8) is 0 Å². The van der Waals surface area contributed by atoms with E-state index in [4.69, 9.17) is 4.74 Å². The Balaban J connectivity index is 1.38. The number of rotatable bonds is 4. The van der Waals surface area contributed by atoms with E-state index in [-0.39, 0.29) is 0 Å². The minimum atomic E-state index is 0.430. The summed E-state index contributed by atoms with van der Waals surface area (Å²) in [6, 6.07) is 11.5. The molecule has 2 saturated heterocycles. The van der Waals surface area contributed by atoms with Crippen molar-refractivity contribution < 1.29 is 4.74 Å². The van der Waals surface area contributed by atoms with Crippen LogP contribution in [-0.2, 0) is 11.3 Å². The smallest absolute Gasteiger partial charge is 0.0870 e. The molecule has 2 heterocycles. The van der Waals surface area contributed by atoms with Gasteiger partial charge in [0.25, 0.3) is 0 Å². The van der Waals surface area contributed by atoms with Crippen LogP contribution in [0.15, 0.2) is 30.3 Å². The zero-order chi connectivity index (χ0) is 14.8. The number of fused-ring (bicyclic) bond motifs is 1. The van der Waals surface area contributed by atoms with Crippen LogP contribution >= 0.6 is 0 Å². The Morgan fingerprint density at radius 3 is 2.68 bits per heavy atom. The van der Waals surface area contributed by atoms with Gasteiger partial charge in [-0.05, 0) is 24.3 Å². The van der Waals surface area contributed by atoms with Crippen LogP contribution in [0.2, 0.25) is 0 Å². The van der Waals surface area contributed by atoms with Crippen molar-refractivity contribution in [2.45, 2.75) is 44.4 Å². The molecule has 3 aliphatic rings. The van der Waals surface area contributed by atoms with E-state index in [1.165, 1.54) is 44.3 Å². The second-order valence-electron chi connectivity index (χ2n) is 7.30. The van der Waals surface area contributed by atoms with Gasteiger partial charge in [-0.2, -0.15) is 0 Å². The molecule has 1 saturated carbocycles. The predicted molar refractivity (Wildman–Crippen MR) is 88.8 cm³/mol. The van der Waals surface area contributed by atoms with Crippen molar-refractivity contribution in [3.8, 4) is 0 Å². The van der Waals surface area contributed by atoms with Crippen LogP contribution in [0.3, 0.4) is 0 Å². The second-order valence-corrected chi connectivity index (χ2v) is 7.30. The van der Waals surface area contributed by atoms with Gasteiger partial charge in [0.1, 0.15) is 0 Å². The minimum Gasteiger partial charge on any atom is -0.374 e. The number of nitrogens with zero attached hydrogens (tertiary/aromatic N) is 2. The summed E-state index contributed by atoms with van der Waals surface area (Å²) < 4.78 is 6.08. The lowest BCUT2D eigenvalue weighted by Crippen LogP contribution is -2.50. The van der Waals surface area contributed by atoms with E-state index < -0.39 is 0 Å². The Bertz CT molecular complexity index is 472. The van der Waals surface area contributed by atoms with E-state index in [0.29, 0.717) is 12.1 Å². The molecule has 1 aromatic carbocycles. The van der Waals surface area contributed by atoms with Crippen LogP contribution in [-0.4, -0.2) is 54.7 Å². The van der Waals surface area contributed by atoms with Gasteiger partial charge in [-0.15, -0.1) is 0 Å². The molecule has 1 aromatic rings. The maximum atomic E-state index is 6.08. The summed E-state index contributed by atoms with van der Waals surface area (Å²) in [6.07, 6.45) is 6.21. The number of hydrogen-bond acceptors (Lipinski definition) is 3. The third-order valence-corrected chi connectivity index (χ3v) is 5.71. The average molecular weight is 300 g/mol. The van der Waals surface area contributed by atoms with Crippen molar-refractivity contribution in [1.82, 2.24) is 9.80 Å². The summed E-state index contributed by atoms with van der Waals surface area (Å²) in [6.45, 7) is 6.69. The maximum absolute atomic E-state index is 6.08. The fourth-order valence-electron chi connectivity index (χ4n) is 4.56. The van der Waals surface area contributed by atoms with Crippen molar-refractivity contribution in [3.05, 3.63) is 35.9 Å². The van der Waals surface area contributed by atoms with E-state index in [9.17, 15) is 0 Å². The molecule has 2 aliphatic heterocycles. The first-order valence-electron chi connectivity index (χ1n) is 9.00. The lowest BCUT2D eigenvalue weighted by molar-refractivity contribution is -0.0504. The minimum absolute atomic E-state index is 0.430. The molecule has 0 aromatic heterocycles. The van der Waals surface area contributed by atoms with Crippen LogP contribution in [0.4, 0.5) is 0 Å². The lowest BCUT2D eigenvalue weighted by Gasteiger charge is -2.37. The summed E-state index contributed by atoms with van der Waals surface area (Å²) in [5.74, 6) is 0.947. The van der Waals surface area contributed by atoms with E-state index in [1.807, 2.05) is 0 Å². The molecule has 0 spiro atoms. The molecular formula is C19H28N2O. The molecule has 1 aliphatic carbocycles. The highest BCUT2D eigenvalue weighted by Gasteiger charge is 2.40. The largest absolute Gasteiger partial charge is 0.374 e. The van der Waals surface area contributed by atoms with Gasteiger partial charge in [0.2, 0.25) is 0 Å². The molecule has 0 unspecified atom stereocenters. The number of ether oxygens (including phenoxy) is 1. The zero-order valence-corrected chi connectivity index (χ0v) is 13.5. The third-order valence-electron chi connectivity index (χ3n) is 5.71.